The predicted molar refractivity (Wildman–Crippen MR) is 75.2 cm³/mol. The average molecular weight is 278 g/mol. The molecule has 1 aromatic rings. The molecule has 1 aromatic carbocycles. The van der Waals surface area contributed by atoms with Crippen LogP contribution in [0.3, 0.4) is 0 Å². The average Bonchev–Trinajstić information content (AvgIpc) is 2.77. The lowest BCUT2D eigenvalue weighted by Crippen LogP contribution is -2.30. The van der Waals surface area contributed by atoms with Crippen LogP contribution < -0.4 is 11.3 Å². The largest absolute Gasteiger partial charge is 0.338 e. The van der Waals surface area contributed by atoms with Gasteiger partial charge in [0, 0.05) is 24.7 Å². The molecule has 1 heterocycles. The molecule has 0 bridgehead atoms. The maximum atomic E-state index is 12.4. The Morgan fingerprint density at radius 2 is 2.20 bits per heavy atom. The number of hydrogen-bond donors (Lipinski definition) is 2. The van der Waals surface area contributed by atoms with Crippen LogP contribution in [0.5, 0.6) is 0 Å². The van der Waals surface area contributed by atoms with Gasteiger partial charge in [-0.1, -0.05) is 13.8 Å². The number of nitrogens with two attached hydrogens (primary N) is 1. The third-order valence-electron chi connectivity index (χ3n) is 3.56. The highest BCUT2D eigenvalue weighted by molar-refractivity contribution is 5.96. The van der Waals surface area contributed by atoms with Gasteiger partial charge in [-0.05, 0) is 24.0 Å². The fourth-order valence-corrected chi connectivity index (χ4v) is 2.41. The molecule has 0 spiro atoms. The number of nitro groups is 1. The highest BCUT2D eigenvalue weighted by atomic mass is 16.6. The highest BCUT2D eigenvalue weighted by Gasteiger charge is 2.32. The monoisotopic (exact) mass is 278 g/mol. The number of hydrogen-bond acceptors (Lipinski definition) is 5. The van der Waals surface area contributed by atoms with E-state index in [9.17, 15) is 14.9 Å². The van der Waals surface area contributed by atoms with Crippen molar-refractivity contribution >= 4 is 17.3 Å². The Kier molecular flexibility index (Phi) is 3.63. The number of nitrogens with zero attached hydrogens (tertiary/aromatic N) is 2. The number of likely N-dealkylation sites (tertiary alicyclic amines) is 1. The molecule has 1 fully saturated rings. The molecule has 0 aromatic heterocycles. The van der Waals surface area contributed by atoms with E-state index in [1.54, 1.807) is 4.90 Å². The van der Waals surface area contributed by atoms with Crippen molar-refractivity contribution in [3.8, 4) is 0 Å². The third kappa shape index (κ3) is 2.72. The van der Waals surface area contributed by atoms with E-state index in [-0.39, 0.29) is 22.7 Å². The van der Waals surface area contributed by atoms with Crippen molar-refractivity contribution < 1.29 is 9.72 Å². The van der Waals surface area contributed by atoms with Crippen molar-refractivity contribution in [3.05, 3.63) is 33.9 Å². The van der Waals surface area contributed by atoms with Crippen LogP contribution >= 0.6 is 0 Å². The molecule has 7 nitrogen and oxygen atoms in total. The van der Waals surface area contributed by atoms with Crippen molar-refractivity contribution in [2.75, 3.05) is 18.5 Å². The van der Waals surface area contributed by atoms with E-state index in [1.807, 2.05) is 0 Å². The van der Waals surface area contributed by atoms with Crippen LogP contribution in [0.15, 0.2) is 18.2 Å². The Morgan fingerprint density at radius 1 is 1.50 bits per heavy atom. The predicted octanol–water partition coefficient (Wildman–Crippen LogP) is 1.75. The Labute approximate surface area is 116 Å². The first kappa shape index (κ1) is 14.3. The number of carbonyl (C=O) groups is 1. The van der Waals surface area contributed by atoms with Gasteiger partial charge in [0.2, 0.25) is 0 Å². The minimum atomic E-state index is -0.539. The molecule has 1 saturated heterocycles. The van der Waals surface area contributed by atoms with Gasteiger partial charge >= 0.3 is 0 Å². The fourth-order valence-electron chi connectivity index (χ4n) is 2.41. The number of rotatable bonds is 3. The van der Waals surface area contributed by atoms with Gasteiger partial charge in [-0.3, -0.25) is 20.8 Å². The van der Waals surface area contributed by atoms with Crippen LogP contribution in [-0.4, -0.2) is 28.8 Å². The molecule has 0 atom stereocenters. The van der Waals surface area contributed by atoms with Crippen LogP contribution in [0, 0.1) is 15.5 Å². The second kappa shape index (κ2) is 5.09. The van der Waals surface area contributed by atoms with Gasteiger partial charge in [-0.15, -0.1) is 0 Å². The van der Waals surface area contributed by atoms with Gasteiger partial charge in [0.25, 0.3) is 11.6 Å². The molecule has 1 amide bonds. The summed E-state index contributed by atoms with van der Waals surface area (Å²) in [5, 5.41) is 10.8. The van der Waals surface area contributed by atoms with Crippen molar-refractivity contribution in [2.24, 2.45) is 11.3 Å². The minimum Gasteiger partial charge on any atom is -0.338 e. The van der Waals surface area contributed by atoms with E-state index in [2.05, 4.69) is 19.3 Å². The zero-order valence-corrected chi connectivity index (χ0v) is 11.5. The van der Waals surface area contributed by atoms with Gasteiger partial charge in [-0.25, -0.2) is 0 Å². The highest BCUT2D eigenvalue weighted by Crippen LogP contribution is 2.31. The third-order valence-corrected chi connectivity index (χ3v) is 3.56. The van der Waals surface area contributed by atoms with Crippen LogP contribution in [-0.2, 0) is 0 Å². The van der Waals surface area contributed by atoms with Crippen LogP contribution in [0.4, 0.5) is 11.4 Å². The lowest BCUT2D eigenvalue weighted by atomic mass is 9.93. The Balaban J connectivity index is 2.25. The zero-order chi connectivity index (χ0) is 14.9. The maximum Gasteiger partial charge on any atom is 0.293 e. The van der Waals surface area contributed by atoms with Crippen molar-refractivity contribution in [1.29, 1.82) is 0 Å². The normalized spacial score (nSPS) is 17.1. The molecule has 0 saturated carbocycles. The van der Waals surface area contributed by atoms with Crippen molar-refractivity contribution in [2.45, 2.75) is 20.3 Å². The van der Waals surface area contributed by atoms with Crippen molar-refractivity contribution in [1.82, 2.24) is 4.90 Å². The molecule has 1 aliphatic rings. The Hall–Kier alpha value is -2.15. The number of nitrogens with one attached hydrogen (secondary N) is 1. The lowest BCUT2D eigenvalue weighted by molar-refractivity contribution is -0.384. The Bertz CT molecular complexity index is 557. The standard InChI is InChI=1S/C13H18N4O3/c1-13(2)5-6-16(8-13)12(18)9-3-4-11(17(19)20)10(7-9)15-14/h3-4,7,15H,5-6,8,14H2,1-2H3. The molecule has 2 rings (SSSR count). The number of amides is 1. The molecule has 7 heteroatoms. The summed E-state index contributed by atoms with van der Waals surface area (Å²) in [6, 6.07) is 4.18. The number of nitro benzene ring substituents is 1. The number of hydrazine groups is 1. The SMILES string of the molecule is CC1(C)CCN(C(=O)c2ccc([N+](=O)[O-])c(NN)c2)C1. The number of anilines is 1. The summed E-state index contributed by atoms with van der Waals surface area (Å²) in [4.78, 5) is 24.4. The molecule has 108 valence electrons. The van der Waals surface area contributed by atoms with Gasteiger partial charge in [-0.2, -0.15) is 0 Å². The van der Waals surface area contributed by atoms with Gasteiger partial charge in [0.15, 0.2) is 0 Å². The number of nitrogen functional groups attached to an aromatic ring is 1. The molecule has 0 radical (unpaired) electrons. The summed E-state index contributed by atoms with van der Waals surface area (Å²) in [6.07, 6.45) is 0.952. The first-order chi connectivity index (χ1) is 9.34. The first-order valence-electron chi connectivity index (χ1n) is 6.38. The molecule has 3 N–H and O–H groups in total. The Morgan fingerprint density at radius 3 is 2.70 bits per heavy atom. The summed E-state index contributed by atoms with van der Waals surface area (Å²) in [5.41, 5.74) is 2.78. The minimum absolute atomic E-state index is 0.116. The summed E-state index contributed by atoms with van der Waals surface area (Å²) >= 11 is 0. The van der Waals surface area contributed by atoms with E-state index < -0.39 is 4.92 Å². The van der Waals surface area contributed by atoms with E-state index in [0.29, 0.717) is 18.7 Å². The smallest absolute Gasteiger partial charge is 0.293 e. The van der Waals surface area contributed by atoms with Gasteiger partial charge < -0.3 is 10.3 Å². The van der Waals surface area contributed by atoms with E-state index in [0.717, 1.165) is 6.42 Å². The van der Waals surface area contributed by atoms with E-state index in [1.165, 1.54) is 18.2 Å². The van der Waals surface area contributed by atoms with Gasteiger partial charge in [0.1, 0.15) is 5.69 Å². The van der Waals surface area contributed by atoms with Crippen molar-refractivity contribution in [3.63, 3.8) is 0 Å². The number of carbonyl (C=O) groups excluding carboxylic acids is 1. The fraction of sp³-hybridized carbons (Fsp3) is 0.462. The van der Waals surface area contributed by atoms with E-state index in [4.69, 9.17) is 5.84 Å². The van der Waals surface area contributed by atoms with E-state index >= 15 is 0 Å². The van der Waals surface area contributed by atoms with Crippen LogP contribution in [0.25, 0.3) is 0 Å². The molecule has 20 heavy (non-hydrogen) atoms. The number of benzene rings is 1. The maximum absolute atomic E-state index is 12.4. The first-order valence-corrected chi connectivity index (χ1v) is 6.38. The molecular weight excluding hydrogens is 260 g/mol. The zero-order valence-electron chi connectivity index (χ0n) is 11.5. The quantitative estimate of drug-likeness (QED) is 0.498. The lowest BCUT2D eigenvalue weighted by Gasteiger charge is -2.20. The topological polar surface area (TPSA) is 102 Å². The second-order valence-corrected chi connectivity index (χ2v) is 5.77. The summed E-state index contributed by atoms with van der Waals surface area (Å²) in [5.74, 6) is 5.15. The molecular formula is C13H18N4O3. The van der Waals surface area contributed by atoms with Gasteiger partial charge in [0.05, 0.1) is 4.92 Å². The second-order valence-electron chi connectivity index (χ2n) is 5.77. The molecule has 0 unspecified atom stereocenters. The molecule has 0 aliphatic carbocycles. The summed E-state index contributed by atoms with van der Waals surface area (Å²) < 4.78 is 0. The summed E-state index contributed by atoms with van der Waals surface area (Å²) in [7, 11) is 0. The molecule has 1 aliphatic heterocycles. The van der Waals surface area contributed by atoms with Crippen LogP contribution in [0.1, 0.15) is 30.6 Å². The van der Waals surface area contributed by atoms with Crippen LogP contribution in [0.2, 0.25) is 0 Å². The summed E-state index contributed by atoms with van der Waals surface area (Å²) in [6.45, 7) is 5.62.